The average molecular weight is 894 g/mol. The average Bonchev–Trinajstić information content (AvgIpc) is 3.69. The Morgan fingerprint density at radius 1 is 0.719 bits per heavy atom. The topological polar surface area (TPSA) is 10.4 Å². The number of fused-ring (bicyclic) bond motifs is 3. The van der Waals surface area contributed by atoms with Crippen LogP contribution in [0.15, 0.2) is 119 Å². The van der Waals surface area contributed by atoms with Crippen LogP contribution in [-0.2, 0) is 12.0 Å². The molecule has 0 fully saturated rings. The maximum absolute atomic E-state index is 3.94. The molecule has 3 heterocycles. The number of hydrogen-bond acceptors (Lipinski definition) is 4. The number of rotatable bonds is 14. The first-order valence-corrected chi connectivity index (χ1v) is 21.0. The molecule has 0 unspecified atom stereocenters. The van der Waals surface area contributed by atoms with E-state index >= 15 is 0 Å². The predicted octanol–water partition coefficient (Wildman–Crippen LogP) is 1.94. The molecule has 6 rings (SSSR count). The number of likely N-dealkylation sites (N-methyl/N-ethyl adjacent to an activating group) is 1. The summed E-state index contributed by atoms with van der Waals surface area (Å²) in [5.74, 6) is 0. The first-order valence-electron chi connectivity index (χ1n) is 19.4. The molecule has 3 aromatic carbocycles. The van der Waals surface area contributed by atoms with Crippen molar-refractivity contribution in [3.05, 3.63) is 125 Å². The summed E-state index contributed by atoms with van der Waals surface area (Å²) in [5.41, 5.74) is 6.65. The molecule has 2 aliphatic rings. The van der Waals surface area contributed by atoms with Crippen molar-refractivity contribution < 1.29 is 50.8 Å². The van der Waals surface area contributed by atoms with E-state index in [0.717, 1.165) is 20.5 Å². The highest BCUT2D eigenvalue weighted by Crippen LogP contribution is 2.46. The van der Waals surface area contributed by atoms with Crippen LogP contribution < -0.4 is 51.6 Å². The van der Waals surface area contributed by atoms with Gasteiger partial charge < -0.3 is 56.0 Å². The molecule has 0 aliphatic carbocycles. The van der Waals surface area contributed by atoms with Gasteiger partial charge in [-0.2, -0.15) is 4.57 Å². The second-order valence-corrected chi connectivity index (χ2v) is 18.6. The Labute approximate surface area is 378 Å². The van der Waals surface area contributed by atoms with Gasteiger partial charge in [-0.1, -0.05) is 111 Å². The highest BCUT2D eigenvalue weighted by molar-refractivity contribution is 8.03. The summed E-state index contributed by atoms with van der Waals surface area (Å²) in [7, 11) is 13.8. The lowest BCUT2D eigenvalue weighted by Gasteiger charge is -2.33. The Kier molecular flexibility index (Phi) is 21.5. The quantitative estimate of drug-likeness (QED) is 0.0832. The number of unbranched alkanes of at least 4 members (excludes halogenated alkanes) is 1. The Morgan fingerprint density at radius 2 is 1.32 bits per heavy atom. The highest BCUT2D eigenvalue weighted by atomic mass is 35.5. The molecule has 0 saturated carbocycles. The summed E-state index contributed by atoms with van der Waals surface area (Å²) < 4.78 is 6.15. The number of thiazole rings is 1. The minimum Gasteiger partial charge on any atom is -1.00 e. The summed E-state index contributed by atoms with van der Waals surface area (Å²) >= 11 is 3.62. The number of para-hydroxylation sites is 3. The minimum absolute atomic E-state index is 0. The smallest absolute Gasteiger partial charge is 0.262 e. The highest BCUT2D eigenvalue weighted by Gasteiger charge is 2.37. The van der Waals surface area contributed by atoms with E-state index in [9.17, 15) is 0 Å². The fourth-order valence-corrected chi connectivity index (χ4v) is 9.82. The number of benzene rings is 3. The van der Waals surface area contributed by atoms with Crippen molar-refractivity contribution in [2.24, 2.45) is 0 Å². The molecular weight excluding hydrogens is 828 g/mol. The van der Waals surface area contributed by atoms with Crippen LogP contribution >= 0.6 is 35.5 Å². The zero-order valence-corrected chi connectivity index (χ0v) is 40.2. The van der Waals surface area contributed by atoms with Gasteiger partial charge in [0.15, 0.2) is 6.54 Å². The van der Waals surface area contributed by atoms with E-state index in [4.69, 9.17) is 0 Å². The Bertz CT molecular complexity index is 1970. The van der Waals surface area contributed by atoms with E-state index in [-0.39, 0.29) is 55.0 Å². The summed E-state index contributed by atoms with van der Waals surface area (Å²) in [6.07, 6.45) is 16.1. The molecule has 4 aromatic rings. The lowest BCUT2D eigenvalue weighted by atomic mass is 9.84. The Morgan fingerprint density at radius 3 is 1.98 bits per heavy atom. The standard InChI is InChI=1S/C37H55N4S.C9H9NS.4ClH/c1-9-27-40(5,6)29-19-30-41(7,8)28-18-17-26-39-33-22-15-16-23-34(33)42-36(39)25-12-10-11-24-35-37(2,3)31-20-13-14-21-32(31)38(35)4;1-7-10(2)8-5-3-4-6-9(8)11-7;;;;/h10-16,20-25H,9,17-19,26-30H2,1-8H3;3-6H,1H2,2H3;4*1H/q+3;;;;;/p-3. The van der Waals surface area contributed by atoms with Crippen molar-refractivity contribution in [1.82, 2.24) is 0 Å². The largest absolute Gasteiger partial charge is 1.00 e. The number of thioether (sulfide) groups is 1. The molecule has 1 aromatic heterocycles. The maximum Gasteiger partial charge on any atom is 0.262 e. The molecule has 0 spiro atoms. The van der Waals surface area contributed by atoms with Crippen LogP contribution in [-0.4, -0.2) is 77.4 Å². The molecule has 0 bridgehead atoms. The SMILES string of the molecule is C=C1Sc2ccccc2N1C.CCC[N+](C)(C)CCC[N+](C)(C)CCCC[n+]1c(C=CC=CC=C2N(C)c3ccccc3C2(C)C)sc2ccccc21.Cl.[Cl-].[Cl-].[Cl-]. The number of hydrogen-bond donors (Lipinski definition) is 0. The number of nitrogens with zero attached hydrogens (tertiary/aromatic N) is 5. The number of aryl methyl sites for hydroxylation is 1. The third kappa shape index (κ3) is 13.5. The van der Waals surface area contributed by atoms with Gasteiger partial charge >= 0.3 is 0 Å². The molecule has 11 heteroatoms. The van der Waals surface area contributed by atoms with Gasteiger partial charge in [0.1, 0.15) is 4.70 Å². The summed E-state index contributed by atoms with van der Waals surface area (Å²) in [5, 5.41) is 2.43. The van der Waals surface area contributed by atoms with E-state index in [1.807, 2.05) is 18.4 Å². The van der Waals surface area contributed by atoms with Crippen LogP contribution in [0.2, 0.25) is 0 Å². The van der Waals surface area contributed by atoms with Crippen LogP contribution in [0.1, 0.15) is 57.0 Å². The van der Waals surface area contributed by atoms with Crippen LogP contribution in [0, 0.1) is 0 Å². The Balaban J connectivity index is 0.000000929. The van der Waals surface area contributed by atoms with Gasteiger partial charge in [-0.3, -0.25) is 0 Å². The van der Waals surface area contributed by atoms with Crippen molar-refractivity contribution in [3.63, 3.8) is 0 Å². The zero-order chi connectivity index (χ0) is 38.2. The van der Waals surface area contributed by atoms with Crippen LogP contribution in [0.3, 0.4) is 0 Å². The number of quaternary nitrogens is 2. The van der Waals surface area contributed by atoms with Crippen molar-refractivity contribution >= 4 is 63.2 Å². The maximum atomic E-state index is 3.94. The zero-order valence-electron chi connectivity index (χ0n) is 35.5. The van der Waals surface area contributed by atoms with Gasteiger partial charge in [0.05, 0.1) is 65.1 Å². The van der Waals surface area contributed by atoms with E-state index < -0.39 is 0 Å². The first kappa shape index (κ1) is 52.6. The lowest BCUT2D eigenvalue weighted by Crippen LogP contribution is -3.00. The summed E-state index contributed by atoms with van der Waals surface area (Å²) in [6, 6.07) is 25.9. The number of allylic oxidation sites excluding steroid dienone is 5. The fraction of sp³-hybridized carbons (Fsp3) is 0.413. The first-order chi connectivity index (χ1) is 25.2. The van der Waals surface area contributed by atoms with Crippen molar-refractivity contribution in [3.8, 4) is 0 Å². The number of anilines is 2. The van der Waals surface area contributed by atoms with E-state index in [0.29, 0.717) is 0 Å². The number of halogens is 4. The van der Waals surface area contributed by atoms with Crippen LogP contribution in [0.4, 0.5) is 11.4 Å². The second kappa shape index (κ2) is 23.4. The van der Waals surface area contributed by atoms with E-state index in [2.05, 4.69) is 180 Å². The summed E-state index contributed by atoms with van der Waals surface area (Å²) in [6.45, 7) is 17.0. The molecule has 0 atom stereocenters. The van der Waals surface area contributed by atoms with Crippen molar-refractivity contribution in [2.45, 2.75) is 63.3 Å². The van der Waals surface area contributed by atoms with Crippen LogP contribution in [0.5, 0.6) is 0 Å². The van der Waals surface area contributed by atoms with E-state index in [1.165, 1.54) is 94.6 Å². The van der Waals surface area contributed by atoms with Crippen molar-refractivity contribution in [1.29, 1.82) is 0 Å². The lowest BCUT2D eigenvalue weighted by molar-refractivity contribution is -0.909. The van der Waals surface area contributed by atoms with Gasteiger partial charge in [0, 0.05) is 67.2 Å². The van der Waals surface area contributed by atoms with Gasteiger partial charge in [-0.25, -0.2) is 0 Å². The van der Waals surface area contributed by atoms with Crippen molar-refractivity contribution in [2.75, 3.05) is 78.3 Å². The fourth-order valence-electron chi connectivity index (χ4n) is 7.77. The molecule has 2 aliphatic heterocycles. The molecule has 314 valence electrons. The molecule has 0 amide bonds. The normalized spacial score (nSPS) is 15.1. The summed E-state index contributed by atoms with van der Waals surface area (Å²) in [4.78, 5) is 5.75. The predicted molar refractivity (Wildman–Crippen MR) is 241 cm³/mol. The second-order valence-electron chi connectivity index (χ2n) is 16.4. The molecule has 0 radical (unpaired) electrons. The third-order valence-corrected chi connectivity index (χ3v) is 13.1. The molecular formula is C46H65Cl4N5S2. The minimum atomic E-state index is 0. The number of aromatic nitrogens is 1. The van der Waals surface area contributed by atoms with Gasteiger partial charge in [0.25, 0.3) is 5.01 Å². The van der Waals surface area contributed by atoms with Gasteiger partial charge in [-0.15, -0.1) is 12.4 Å². The molecule has 0 saturated heterocycles. The monoisotopic (exact) mass is 891 g/mol. The Hall–Kier alpha value is -2.46. The molecule has 57 heavy (non-hydrogen) atoms. The van der Waals surface area contributed by atoms with Gasteiger partial charge in [-0.05, 0) is 42.3 Å². The van der Waals surface area contributed by atoms with Gasteiger partial charge in [0.2, 0.25) is 5.52 Å². The molecule has 0 N–H and O–H groups in total. The molecule has 5 nitrogen and oxygen atoms in total. The third-order valence-electron chi connectivity index (χ3n) is 10.9. The van der Waals surface area contributed by atoms with E-state index in [1.54, 1.807) is 11.8 Å². The van der Waals surface area contributed by atoms with Crippen LogP contribution in [0.25, 0.3) is 16.3 Å².